The zero-order valence-corrected chi connectivity index (χ0v) is 10.5. The second-order valence-electron chi connectivity index (χ2n) is 3.90. The van der Waals surface area contributed by atoms with Gasteiger partial charge in [-0.15, -0.1) is 0 Å². The van der Waals surface area contributed by atoms with E-state index in [2.05, 4.69) is 5.32 Å². The van der Waals surface area contributed by atoms with Crippen molar-refractivity contribution in [1.82, 2.24) is 0 Å². The van der Waals surface area contributed by atoms with E-state index in [-0.39, 0.29) is 5.69 Å². The highest BCUT2D eigenvalue weighted by Crippen LogP contribution is 2.23. The standard InChI is InChI=1S/C13H10ClFN2O2/c14-12-5-4-10(15)7-13(12)16-8-9-2-1-3-11(6-9)17(18)19/h1-7,16H,8H2. The van der Waals surface area contributed by atoms with Crippen LogP contribution in [0.25, 0.3) is 0 Å². The first-order valence-corrected chi connectivity index (χ1v) is 5.86. The molecule has 0 aliphatic heterocycles. The Labute approximate surface area is 114 Å². The van der Waals surface area contributed by atoms with E-state index < -0.39 is 10.7 Å². The summed E-state index contributed by atoms with van der Waals surface area (Å²) in [4.78, 5) is 10.2. The van der Waals surface area contributed by atoms with Crippen molar-refractivity contribution in [1.29, 1.82) is 0 Å². The first kappa shape index (κ1) is 13.3. The number of non-ortho nitro benzene ring substituents is 1. The molecule has 0 bridgehead atoms. The van der Waals surface area contributed by atoms with Gasteiger partial charge in [0.2, 0.25) is 0 Å². The minimum atomic E-state index is -0.460. The van der Waals surface area contributed by atoms with E-state index in [4.69, 9.17) is 11.6 Å². The average molecular weight is 281 g/mol. The van der Waals surface area contributed by atoms with Crippen molar-refractivity contribution in [3.63, 3.8) is 0 Å². The highest BCUT2D eigenvalue weighted by Gasteiger charge is 2.06. The van der Waals surface area contributed by atoms with Crippen LogP contribution in [0.4, 0.5) is 15.8 Å². The number of nitrogens with one attached hydrogen (secondary N) is 1. The monoisotopic (exact) mass is 280 g/mol. The first-order valence-electron chi connectivity index (χ1n) is 5.48. The van der Waals surface area contributed by atoms with Gasteiger partial charge in [0.15, 0.2) is 0 Å². The maximum Gasteiger partial charge on any atom is 0.269 e. The second kappa shape index (κ2) is 5.67. The van der Waals surface area contributed by atoms with Crippen LogP contribution in [-0.4, -0.2) is 4.92 Å². The van der Waals surface area contributed by atoms with Crippen molar-refractivity contribution in [3.8, 4) is 0 Å². The normalized spacial score (nSPS) is 10.2. The number of nitro groups is 1. The number of nitrogens with zero attached hydrogens (tertiary/aromatic N) is 1. The van der Waals surface area contributed by atoms with E-state index >= 15 is 0 Å². The molecule has 0 amide bonds. The largest absolute Gasteiger partial charge is 0.380 e. The smallest absolute Gasteiger partial charge is 0.269 e. The van der Waals surface area contributed by atoms with Gasteiger partial charge in [-0.05, 0) is 23.8 Å². The van der Waals surface area contributed by atoms with Gasteiger partial charge in [0.05, 0.1) is 15.6 Å². The molecular formula is C13H10ClFN2O2. The van der Waals surface area contributed by atoms with Crippen LogP contribution in [0.15, 0.2) is 42.5 Å². The molecule has 0 fully saturated rings. The fraction of sp³-hybridized carbons (Fsp3) is 0.0769. The van der Waals surface area contributed by atoms with Crippen LogP contribution in [-0.2, 0) is 6.54 Å². The van der Waals surface area contributed by atoms with Gasteiger partial charge in [0.25, 0.3) is 5.69 Å². The molecular weight excluding hydrogens is 271 g/mol. The van der Waals surface area contributed by atoms with Crippen LogP contribution in [0.3, 0.4) is 0 Å². The molecule has 4 nitrogen and oxygen atoms in total. The Hall–Kier alpha value is -2.14. The molecule has 2 aromatic rings. The molecule has 6 heteroatoms. The maximum atomic E-state index is 13.1. The molecule has 0 heterocycles. The van der Waals surface area contributed by atoms with E-state index in [1.54, 1.807) is 12.1 Å². The van der Waals surface area contributed by atoms with Crippen molar-refractivity contribution in [2.45, 2.75) is 6.54 Å². The summed E-state index contributed by atoms with van der Waals surface area (Å²) in [5.74, 6) is -0.397. The van der Waals surface area contributed by atoms with Gasteiger partial charge in [-0.1, -0.05) is 23.7 Å². The van der Waals surface area contributed by atoms with Gasteiger partial charge in [-0.3, -0.25) is 10.1 Å². The summed E-state index contributed by atoms with van der Waals surface area (Å²) in [6, 6.07) is 10.2. The van der Waals surface area contributed by atoms with E-state index in [1.165, 1.54) is 30.3 Å². The average Bonchev–Trinajstić information content (AvgIpc) is 2.40. The van der Waals surface area contributed by atoms with Gasteiger partial charge < -0.3 is 5.32 Å². The van der Waals surface area contributed by atoms with Crippen LogP contribution in [0.2, 0.25) is 5.02 Å². The molecule has 0 aliphatic rings. The number of anilines is 1. The van der Waals surface area contributed by atoms with Crippen LogP contribution in [0.5, 0.6) is 0 Å². The molecule has 0 saturated carbocycles. The van der Waals surface area contributed by atoms with Gasteiger partial charge in [-0.25, -0.2) is 4.39 Å². The quantitative estimate of drug-likeness (QED) is 0.680. The molecule has 98 valence electrons. The van der Waals surface area contributed by atoms with Gasteiger partial charge in [-0.2, -0.15) is 0 Å². The lowest BCUT2D eigenvalue weighted by Gasteiger charge is -2.08. The fourth-order valence-electron chi connectivity index (χ4n) is 1.61. The Kier molecular flexibility index (Phi) is 3.97. The van der Waals surface area contributed by atoms with Crippen molar-refractivity contribution < 1.29 is 9.31 Å². The van der Waals surface area contributed by atoms with Crippen LogP contribution in [0.1, 0.15) is 5.56 Å². The van der Waals surface area contributed by atoms with Gasteiger partial charge in [0, 0.05) is 18.7 Å². The second-order valence-corrected chi connectivity index (χ2v) is 4.31. The topological polar surface area (TPSA) is 55.2 Å². The van der Waals surface area contributed by atoms with Crippen molar-refractivity contribution in [3.05, 3.63) is 69.0 Å². The lowest BCUT2D eigenvalue weighted by atomic mass is 10.2. The zero-order chi connectivity index (χ0) is 13.8. The highest BCUT2D eigenvalue weighted by atomic mass is 35.5. The SMILES string of the molecule is O=[N+]([O-])c1cccc(CNc2cc(F)ccc2Cl)c1. The van der Waals surface area contributed by atoms with E-state index in [1.807, 2.05) is 0 Å². The summed E-state index contributed by atoms with van der Waals surface area (Å²) in [5, 5.41) is 14.0. The summed E-state index contributed by atoms with van der Waals surface area (Å²) >= 11 is 5.91. The number of rotatable bonds is 4. The number of hydrogen-bond donors (Lipinski definition) is 1. The molecule has 2 rings (SSSR count). The Morgan fingerprint density at radius 2 is 2.05 bits per heavy atom. The Balaban J connectivity index is 2.12. The summed E-state index contributed by atoms with van der Waals surface area (Å²) in [7, 11) is 0. The summed E-state index contributed by atoms with van der Waals surface area (Å²) in [6.07, 6.45) is 0. The van der Waals surface area contributed by atoms with Crippen LogP contribution < -0.4 is 5.32 Å². The molecule has 0 spiro atoms. The minimum absolute atomic E-state index is 0.0182. The molecule has 0 aromatic heterocycles. The maximum absolute atomic E-state index is 13.1. The Morgan fingerprint density at radius 3 is 2.79 bits per heavy atom. The molecule has 0 aliphatic carbocycles. The van der Waals surface area contributed by atoms with Crippen molar-refractivity contribution in [2.24, 2.45) is 0 Å². The highest BCUT2D eigenvalue weighted by molar-refractivity contribution is 6.33. The van der Waals surface area contributed by atoms with Crippen molar-refractivity contribution in [2.75, 3.05) is 5.32 Å². The third kappa shape index (κ3) is 3.42. The molecule has 0 radical (unpaired) electrons. The molecule has 0 atom stereocenters. The predicted octanol–water partition coefficient (Wildman–Crippen LogP) is 4.00. The lowest BCUT2D eigenvalue weighted by Crippen LogP contribution is -2.01. The molecule has 0 saturated heterocycles. The third-order valence-electron chi connectivity index (χ3n) is 2.53. The van der Waals surface area contributed by atoms with E-state index in [9.17, 15) is 14.5 Å². The van der Waals surface area contributed by atoms with E-state index in [0.717, 1.165) is 5.56 Å². The van der Waals surface area contributed by atoms with Crippen LogP contribution >= 0.6 is 11.6 Å². The first-order chi connectivity index (χ1) is 9.06. The summed E-state index contributed by atoms with van der Waals surface area (Å²) in [5.41, 5.74) is 1.19. The third-order valence-corrected chi connectivity index (χ3v) is 2.86. The molecule has 2 aromatic carbocycles. The summed E-state index contributed by atoms with van der Waals surface area (Å²) in [6.45, 7) is 0.324. The number of nitro benzene ring substituents is 1. The predicted molar refractivity (Wildman–Crippen MR) is 71.8 cm³/mol. The lowest BCUT2D eigenvalue weighted by molar-refractivity contribution is -0.384. The Morgan fingerprint density at radius 1 is 1.26 bits per heavy atom. The molecule has 1 N–H and O–H groups in total. The van der Waals surface area contributed by atoms with E-state index in [0.29, 0.717) is 17.3 Å². The minimum Gasteiger partial charge on any atom is -0.380 e. The number of benzene rings is 2. The van der Waals surface area contributed by atoms with Gasteiger partial charge >= 0.3 is 0 Å². The van der Waals surface area contributed by atoms with Crippen molar-refractivity contribution >= 4 is 23.0 Å². The number of hydrogen-bond acceptors (Lipinski definition) is 3. The molecule has 0 unspecified atom stereocenters. The molecule has 19 heavy (non-hydrogen) atoms. The fourth-order valence-corrected chi connectivity index (χ4v) is 1.79. The van der Waals surface area contributed by atoms with Crippen LogP contribution in [0, 0.1) is 15.9 Å². The zero-order valence-electron chi connectivity index (χ0n) is 9.77. The Bertz CT molecular complexity index is 619. The van der Waals surface area contributed by atoms with Gasteiger partial charge in [0.1, 0.15) is 5.82 Å². The number of halogens is 2. The summed E-state index contributed by atoms with van der Waals surface area (Å²) < 4.78 is 13.1.